The predicted molar refractivity (Wildman–Crippen MR) is 77.2 cm³/mol. The third kappa shape index (κ3) is 4.08. The minimum absolute atomic E-state index is 0.0189. The third-order valence-corrected chi connectivity index (χ3v) is 5.21. The average Bonchev–Trinajstić information content (AvgIpc) is 2.88. The van der Waals surface area contributed by atoms with Crippen molar-refractivity contribution in [2.75, 3.05) is 6.54 Å². The van der Waals surface area contributed by atoms with Gasteiger partial charge in [-0.25, -0.2) is 17.9 Å². The molecule has 1 saturated heterocycles. The molecule has 2 unspecified atom stereocenters. The molecule has 2 N–H and O–H groups in total. The quantitative estimate of drug-likeness (QED) is 0.843. The lowest BCUT2D eigenvalue weighted by Gasteiger charge is -2.13. The van der Waals surface area contributed by atoms with Crippen LogP contribution in [0, 0.1) is 0 Å². The third-order valence-electron chi connectivity index (χ3n) is 3.07. The van der Waals surface area contributed by atoms with Gasteiger partial charge < -0.3 is 9.84 Å². The van der Waals surface area contributed by atoms with Gasteiger partial charge in [-0.15, -0.1) is 0 Å². The van der Waals surface area contributed by atoms with Crippen molar-refractivity contribution in [2.24, 2.45) is 0 Å². The Morgan fingerprint density at radius 2 is 2.10 bits per heavy atom. The van der Waals surface area contributed by atoms with E-state index in [0.717, 1.165) is 0 Å². The largest absolute Gasteiger partial charge is 0.479 e. The minimum Gasteiger partial charge on any atom is -0.479 e. The first kappa shape index (κ1) is 16.5. The molecule has 1 fully saturated rings. The molecular weight excluding hydrogens is 341 g/mol. The van der Waals surface area contributed by atoms with Gasteiger partial charge in [-0.3, -0.25) is 0 Å². The SMILES string of the molecule is O=C(O)C1CCC(CNS(=O)(=O)c2cc(Cl)ccc2Cl)O1. The number of rotatable bonds is 5. The molecule has 0 aromatic heterocycles. The Morgan fingerprint density at radius 1 is 1.38 bits per heavy atom. The second-order valence-electron chi connectivity index (χ2n) is 4.59. The van der Waals surface area contributed by atoms with E-state index in [-0.39, 0.29) is 21.5 Å². The molecule has 2 atom stereocenters. The predicted octanol–water partition coefficient (Wildman–Crippen LogP) is 1.90. The monoisotopic (exact) mass is 353 g/mol. The summed E-state index contributed by atoms with van der Waals surface area (Å²) in [6.07, 6.45) is -0.518. The average molecular weight is 354 g/mol. The highest BCUT2D eigenvalue weighted by atomic mass is 35.5. The Bertz CT molecular complexity index is 649. The summed E-state index contributed by atoms with van der Waals surface area (Å²) < 4.78 is 31.9. The maximum absolute atomic E-state index is 12.2. The van der Waals surface area contributed by atoms with Gasteiger partial charge in [0.25, 0.3) is 0 Å². The zero-order chi connectivity index (χ0) is 15.6. The Balaban J connectivity index is 2.02. The van der Waals surface area contributed by atoms with Gasteiger partial charge in [-0.05, 0) is 31.0 Å². The van der Waals surface area contributed by atoms with Crippen LogP contribution < -0.4 is 4.72 Å². The van der Waals surface area contributed by atoms with Crippen molar-refractivity contribution in [3.05, 3.63) is 28.2 Å². The van der Waals surface area contributed by atoms with Crippen molar-refractivity contribution in [3.8, 4) is 0 Å². The van der Waals surface area contributed by atoms with Crippen LogP contribution in [-0.4, -0.2) is 38.2 Å². The zero-order valence-corrected chi connectivity index (χ0v) is 13.1. The number of carbonyl (C=O) groups is 1. The van der Waals surface area contributed by atoms with E-state index in [9.17, 15) is 13.2 Å². The normalized spacial score (nSPS) is 22.4. The molecule has 1 aliphatic heterocycles. The molecule has 0 spiro atoms. The van der Waals surface area contributed by atoms with E-state index in [4.69, 9.17) is 33.0 Å². The smallest absolute Gasteiger partial charge is 0.332 e. The van der Waals surface area contributed by atoms with Crippen molar-refractivity contribution in [1.82, 2.24) is 4.72 Å². The van der Waals surface area contributed by atoms with Crippen molar-refractivity contribution >= 4 is 39.2 Å². The fourth-order valence-corrected chi connectivity index (χ4v) is 3.83. The summed E-state index contributed by atoms with van der Waals surface area (Å²) in [5, 5.41) is 9.12. The molecule has 0 saturated carbocycles. The Hall–Kier alpha value is -0.860. The number of hydrogen-bond donors (Lipinski definition) is 2. The number of benzene rings is 1. The zero-order valence-electron chi connectivity index (χ0n) is 10.8. The molecule has 0 aliphatic carbocycles. The summed E-state index contributed by atoms with van der Waals surface area (Å²) in [5.74, 6) is -1.04. The van der Waals surface area contributed by atoms with Crippen molar-refractivity contribution in [3.63, 3.8) is 0 Å². The van der Waals surface area contributed by atoms with Gasteiger partial charge in [0.1, 0.15) is 4.90 Å². The van der Waals surface area contributed by atoms with Crippen LogP contribution in [0.25, 0.3) is 0 Å². The lowest BCUT2D eigenvalue weighted by molar-refractivity contribution is -0.149. The van der Waals surface area contributed by atoms with E-state index in [2.05, 4.69) is 4.72 Å². The van der Waals surface area contributed by atoms with Crippen molar-refractivity contribution < 1.29 is 23.1 Å². The summed E-state index contributed by atoms with van der Waals surface area (Å²) >= 11 is 11.6. The lowest BCUT2D eigenvalue weighted by Crippen LogP contribution is -2.33. The summed E-state index contributed by atoms with van der Waals surface area (Å²) in [6, 6.07) is 4.13. The molecule has 6 nitrogen and oxygen atoms in total. The van der Waals surface area contributed by atoms with Crippen LogP contribution in [0.15, 0.2) is 23.1 Å². The van der Waals surface area contributed by atoms with Crippen LogP contribution in [0.2, 0.25) is 10.0 Å². The van der Waals surface area contributed by atoms with Crippen molar-refractivity contribution in [2.45, 2.75) is 29.9 Å². The Labute approximate surface area is 132 Å². The first-order valence-corrected chi connectivity index (χ1v) is 8.36. The summed E-state index contributed by atoms with van der Waals surface area (Å²) in [4.78, 5) is 10.6. The van der Waals surface area contributed by atoms with Gasteiger partial charge in [-0.2, -0.15) is 0 Å². The van der Waals surface area contributed by atoms with Crippen molar-refractivity contribution in [1.29, 1.82) is 0 Å². The first-order chi connectivity index (χ1) is 9.79. The Kier molecular flexibility index (Phi) is 5.11. The molecule has 1 aliphatic rings. The highest BCUT2D eigenvalue weighted by Crippen LogP contribution is 2.25. The number of aliphatic carboxylic acids is 1. The van der Waals surface area contributed by atoms with Gasteiger partial charge in [0.05, 0.1) is 11.1 Å². The topological polar surface area (TPSA) is 92.7 Å². The number of ether oxygens (including phenoxy) is 1. The maximum atomic E-state index is 12.2. The molecule has 0 amide bonds. The van der Waals surface area contributed by atoms with Gasteiger partial charge in [0.2, 0.25) is 10.0 Å². The number of nitrogens with one attached hydrogen (secondary N) is 1. The Morgan fingerprint density at radius 3 is 2.71 bits per heavy atom. The van der Waals surface area contributed by atoms with Crippen LogP contribution in [0.1, 0.15) is 12.8 Å². The molecule has 21 heavy (non-hydrogen) atoms. The summed E-state index contributed by atoms with van der Waals surface area (Å²) in [5.41, 5.74) is 0. The van der Waals surface area contributed by atoms with E-state index in [1.807, 2.05) is 0 Å². The maximum Gasteiger partial charge on any atom is 0.332 e. The van der Waals surface area contributed by atoms with Gasteiger partial charge >= 0.3 is 5.97 Å². The molecule has 9 heteroatoms. The number of hydrogen-bond acceptors (Lipinski definition) is 4. The van der Waals surface area contributed by atoms with Gasteiger partial charge in [-0.1, -0.05) is 23.2 Å². The fraction of sp³-hybridized carbons (Fsp3) is 0.417. The second kappa shape index (κ2) is 6.50. The summed E-state index contributed by atoms with van der Waals surface area (Å²) in [7, 11) is -3.83. The molecular formula is C12H13Cl2NO5S. The fourth-order valence-electron chi connectivity index (χ4n) is 2.00. The van der Waals surface area contributed by atoms with E-state index in [1.165, 1.54) is 18.2 Å². The molecule has 1 aromatic carbocycles. The van der Waals surface area contributed by atoms with E-state index in [0.29, 0.717) is 12.8 Å². The van der Waals surface area contributed by atoms with Gasteiger partial charge in [0.15, 0.2) is 6.10 Å². The molecule has 2 rings (SSSR count). The van der Waals surface area contributed by atoms with Crippen LogP contribution in [-0.2, 0) is 19.6 Å². The van der Waals surface area contributed by atoms with Gasteiger partial charge in [0, 0.05) is 11.6 Å². The van der Waals surface area contributed by atoms with Crippen LogP contribution in [0.3, 0.4) is 0 Å². The molecule has 0 radical (unpaired) electrons. The van der Waals surface area contributed by atoms with E-state index < -0.39 is 28.2 Å². The number of sulfonamides is 1. The summed E-state index contributed by atoms with van der Waals surface area (Å²) in [6.45, 7) is -0.0189. The first-order valence-electron chi connectivity index (χ1n) is 6.12. The standard InChI is InChI=1S/C12H13Cl2NO5S/c13-7-1-3-9(14)11(5-7)21(18,19)15-6-8-2-4-10(20-8)12(16)17/h1,3,5,8,10,15H,2,4,6H2,(H,16,17). The van der Waals surface area contributed by atoms with E-state index >= 15 is 0 Å². The number of carboxylic acid groups (broad SMARTS) is 1. The molecule has 1 aromatic rings. The molecule has 116 valence electrons. The second-order valence-corrected chi connectivity index (χ2v) is 7.17. The van der Waals surface area contributed by atoms with E-state index in [1.54, 1.807) is 0 Å². The highest BCUT2D eigenvalue weighted by Gasteiger charge is 2.31. The molecule has 0 bridgehead atoms. The minimum atomic E-state index is -3.83. The number of halogens is 2. The van der Waals surface area contributed by atoms with Crippen LogP contribution in [0.5, 0.6) is 0 Å². The number of carboxylic acids is 1. The highest BCUT2D eigenvalue weighted by molar-refractivity contribution is 7.89. The van der Waals surface area contributed by atoms with Crippen LogP contribution in [0.4, 0.5) is 0 Å². The van der Waals surface area contributed by atoms with Crippen LogP contribution >= 0.6 is 23.2 Å². The molecule has 1 heterocycles. The lowest BCUT2D eigenvalue weighted by atomic mass is 10.2.